The van der Waals surface area contributed by atoms with Gasteiger partial charge in [-0.3, -0.25) is 0 Å². The van der Waals surface area contributed by atoms with Crippen LogP contribution >= 0.6 is 11.6 Å². The van der Waals surface area contributed by atoms with E-state index in [2.05, 4.69) is 11.0 Å². The molecule has 4 rings (SSSR count). The quantitative estimate of drug-likeness (QED) is 0.661. The second-order valence-electron chi connectivity index (χ2n) is 6.75. The van der Waals surface area contributed by atoms with Crippen molar-refractivity contribution in [3.8, 4) is 11.8 Å². The predicted molar refractivity (Wildman–Crippen MR) is 113 cm³/mol. The van der Waals surface area contributed by atoms with Crippen LogP contribution in [0.25, 0.3) is 10.9 Å². The van der Waals surface area contributed by atoms with Crippen molar-refractivity contribution >= 4 is 34.1 Å². The summed E-state index contributed by atoms with van der Waals surface area (Å²) in [5, 5.41) is 10.6. The summed E-state index contributed by atoms with van der Waals surface area (Å²) in [5.41, 5.74) is 9.55. The Bertz CT molecular complexity index is 1110. The van der Waals surface area contributed by atoms with Crippen LogP contribution < -0.4 is 15.4 Å². The molecule has 2 heterocycles. The number of anilines is 2. The fourth-order valence-corrected chi connectivity index (χ4v) is 3.74. The third kappa shape index (κ3) is 3.77. The van der Waals surface area contributed by atoms with E-state index in [9.17, 15) is 5.26 Å². The number of aromatic nitrogens is 2. The molecule has 0 atom stereocenters. The zero-order valence-corrected chi connectivity index (χ0v) is 16.7. The Morgan fingerprint density at radius 1 is 1.24 bits per heavy atom. The molecule has 148 valence electrons. The van der Waals surface area contributed by atoms with E-state index in [1.54, 1.807) is 13.2 Å². The number of halogens is 1. The van der Waals surface area contributed by atoms with E-state index in [1.807, 2.05) is 24.3 Å². The minimum atomic E-state index is 0.396. The summed E-state index contributed by atoms with van der Waals surface area (Å²) in [5.74, 6) is 1.25. The Balaban J connectivity index is 1.84. The van der Waals surface area contributed by atoms with Crippen molar-refractivity contribution in [2.75, 3.05) is 44.0 Å². The lowest BCUT2D eigenvalue weighted by molar-refractivity contribution is 0.122. The predicted octanol–water partition coefficient (Wildman–Crippen LogP) is 3.17. The number of ether oxygens (including phenoxy) is 2. The van der Waals surface area contributed by atoms with Gasteiger partial charge in [0.2, 0.25) is 5.95 Å². The van der Waals surface area contributed by atoms with Crippen molar-refractivity contribution in [1.29, 1.82) is 5.26 Å². The molecule has 29 heavy (non-hydrogen) atoms. The number of nitrogens with two attached hydrogens (primary N) is 1. The molecule has 1 saturated heterocycles. The van der Waals surface area contributed by atoms with E-state index in [1.165, 1.54) is 0 Å². The largest absolute Gasteiger partial charge is 0.495 e. The topological polar surface area (TPSA) is 97.3 Å². The lowest BCUT2D eigenvalue weighted by Crippen LogP contribution is -2.37. The van der Waals surface area contributed by atoms with E-state index >= 15 is 0 Å². The van der Waals surface area contributed by atoms with E-state index in [0.717, 1.165) is 24.3 Å². The Morgan fingerprint density at radius 2 is 2.03 bits per heavy atom. The third-order valence-corrected chi connectivity index (χ3v) is 5.27. The van der Waals surface area contributed by atoms with Gasteiger partial charge in [0.15, 0.2) is 0 Å². The van der Waals surface area contributed by atoms with Gasteiger partial charge in [0.1, 0.15) is 11.8 Å². The Hall–Kier alpha value is -3.08. The van der Waals surface area contributed by atoms with Crippen molar-refractivity contribution in [2.24, 2.45) is 0 Å². The summed E-state index contributed by atoms with van der Waals surface area (Å²) in [6.07, 6.45) is 0.499. The maximum Gasteiger partial charge on any atom is 0.226 e. The first kappa shape index (κ1) is 19.2. The summed E-state index contributed by atoms with van der Waals surface area (Å²) in [4.78, 5) is 11.6. The van der Waals surface area contributed by atoms with Crippen molar-refractivity contribution in [1.82, 2.24) is 9.97 Å². The van der Waals surface area contributed by atoms with Crippen LogP contribution in [0.5, 0.6) is 5.75 Å². The van der Waals surface area contributed by atoms with Crippen LogP contribution in [0, 0.1) is 11.3 Å². The minimum Gasteiger partial charge on any atom is -0.495 e. The molecule has 1 aliphatic rings. The summed E-state index contributed by atoms with van der Waals surface area (Å²) in [6.45, 7) is 2.73. The molecule has 7 nitrogen and oxygen atoms in total. The molecule has 0 saturated carbocycles. The van der Waals surface area contributed by atoms with Gasteiger partial charge in [-0.2, -0.15) is 5.26 Å². The van der Waals surface area contributed by atoms with E-state index in [-0.39, 0.29) is 0 Å². The van der Waals surface area contributed by atoms with E-state index in [0.29, 0.717) is 58.5 Å². The van der Waals surface area contributed by atoms with Crippen LogP contribution in [0.2, 0.25) is 5.02 Å². The van der Waals surface area contributed by atoms with Crippen LogP contribution in [0.4, 0.5) is 11.6 Å². The molecule has 0 amide bonds. The van der Waals surface area contributed by atoms with Crippen LogP contribution in [-0.4, -0.2) is 43.4 Å². The smallest absolute Gasteiger partial charge is 0.226 e. The summed E-state index contributed by atoms with van der Waals surface area (Å²) >= 11 is 6.30. The molecule has 2 aromatic carbocycles. The first-order chi connectivity index (χ1) is 14.1. The average Bonchev–Trinajstić information content (AvgIpc) is 2.74. The highest BCUT2D eigenvalue weighted by molar-refractivity contribution is 6.32. The summed E-state index contributed by atoms with van der Waals surface area (Å²) in [6, 6.07) is 11.3. The molecule has 0 bridgehead atoms. The number of fused-ring (bicyclic) bond motifs is 1. The number of methoxy groups -OCH3 is 1. The summed E-state index contributed by atoms with van der Waals surface area (Å²) < 4.78 is 10.7. The first-order valence-electron chi connectivity index (χ1n) is 9.25. The normalized spacial score (nSPS) is 14.0. The molecular formula is C21H20ClN5O2. The summed E-state index contributed by atoms with van der Waals surface area (Å²) in [7, 11) is 1.58. The molecule has 1 fully saturated rings. The Labute approximate surface area is 173 Å². The highest BCUT2D eigenvalue weighted by Gasteiger charge is 2.19. The van der Waals surface area contributed by atoms with Gasteiger partial charge in [-0.1, -0.05) is 17.7 Å². The number of rotatable bonds is 4. The van der Waals surface area contributed by atoms with Crippen molar-refractivity contribution in [3.05, 3.63) is 52.2 Å². The van der Waals surface area contributed by atoms with Gasteiger partial charge in [0.25, 0.3) is 0 Å². The number of nitrogens with zero attached hydrogens (tertiary/aromatic N) is 4. The lowest BCUT2D eigenvalue weighted by atomic mass is 10.0. The van der Waals surface area contributed by atoms with Gasteiger partial charge in [0, 0.05) is 24.9 Å². The van der Waals surface area contributed by atoms with Crippen LogP contribution in [0.3, 0.4) is 0 Å². The standard InChI is InChI=1S/C21H20ClN5O2/c1-28-18-5-2-13(10-15(18)22)11-17-19-16(4-3-14(12-23)20(19)24)25-21(26-17)27-6-8-29-9-7-27/h2-5,10H,6-9,11,24H2,1H3. The van der Waals surface area contributed by atoms with Crippen molar-refractivity contribution in [2.45, 2.75) is 6.42 Å². The number of hydrogen-bond acceptors (Lipinski definition) is 7. The van der Waals surface area contributed by atoms with Crippen molar-refractivity contribution in [3.63, 3.8) is 0 Å². The zero-order valence-electron chi connectivity index (χ0n) is 16.0. The molecule has 1 aliphatic heterocycles. The van der Waals surface area contributed by atoms with E-state index in [4.69, 9.17) is 36.8 Å². The second-order valence-corrected chi connectivity index (χ2v) is 7.16. The van der Waals surface area contributed by atoms with Gasteiger partial charge in [-0.15, -0.1) is 0 Å². The maximum atomic E-state index is 9.39. The molecule has 0 radical (unpaired) electrons. The molecule has 3 aromatic rings. The molecule has 0 aliphatic carbocycles. The highest BCUT2D eigenvalue weighted by Crippen LogP contribution is 2.31. The SMILES string of the molecule is COc1ccc(Cc2nc(N3CCOCC3)nc3ccc(C#N)c(N)c23)cc1Cl. The second kappa shape index (κ2) is 8.11. The molecule has 0 unspecified atom stereocenters. The number of nitrogen functional groups attached to an aromatic ring is 1. The number of benzene rings is 2. The molecule has 0 spiro atoms. The lowest BCUT2D eigenvalue weighted by Gasteiger charge is -2.27. The fourth-order valence-electron chi connectivity index (χ4n) is 3.46. The van der Waals surface area contributed by atoms with Gasteiger partial charge < -0.3 is 20.1 Å². The number of hydrogen-bond donors (Lipinski definition) is 1. The van der Waals surface area contributed by atoms with Gasteiger partial charge in [-0.25, -0.2) is 9.97 Å². The maximum absolute atomic E-state index is 9.39. The number of nitriles is 1. The third-order valence-electron chi connectivity index (χ3n) is 4.97. The van der Waals surface area contributed by atoms with E-state index < -0.39 is 0 Å². The molecular weight excluding hydrogens is 390 g/mol. The monoisotopic (exact) mass is 409 g/mol. The fraction of sp³-hybridized carbons (Fsp3) is 0.286. The van der Waals surface area contributed by atoms with Gasteiger partial charge in [-0.05, 0) is 29.8 Å². The van der Waals surface area contributed by atoms with Crippen LogP contribution in [0.1, 0.15) is 16.8 Å². The molecule has 1 aromatic heterocycles. The number of morpholine rings is 1. The molecule has 8 heteroatoms. The minimum absolute atomic E-state index is 0.396. The highest BCUT2D eigenvalue weighted by atomic mass is 35.5. The van der Waals surface area contributed by atoms with Gasteiger partial charge in [0.05, 0.1) is 47.8 Å². The first-order valence-corrected chi connectivity index (χ1v) is 9.63. The van der Waals surface area contributed by atoms with Gasteiger partial charge >= 0.3 is 0 Å². The zero-order chi connectivity index (χ0) is 20.4. The Morgan fingerprint density at radius 3 is 2.72 bits per heavy atom. The van der Waals surface area contributed by atoms with Crippen LogP contribution in [0.15, 0.2) is 30.3 Å². The van der Waals surface area contributed by atoms with Crippen LogP contribution in [-0.2, 0) is 11.2 Å². The molecule has 2 N–H and O–H groups in total. The van der Waals surface area contributed by atoms with Crippen molar-refractivity contribution < 1.29 is 9.47 Å². The Kier molecular flexibility index (Phi) is 5.38. The average molecular weight is 410 g/mol.